The number of halogens is 1. The number of Topliss-reactive ketones (excluding diaryl/α,β-unsaturated/α-hetero) is 1. The highest BCUT2D eigenvalue weighted by molar-refractivity contribution is 9.10. The Morgan fingerprint density at radius 2 is 1.90 bits per heavy atom. The average molecular weight is 462 g/mol. The van der Waals surface area contributed by atoms with Crippen LogP contribution in [0.3, 0.4) is 0 Å². The Kier molecular flexibility index (Phi) is 4.45. The van der Waals surface area contributed by atoms with Crippen LogP contribution in [0.15, 0.2) is 37.5 Å². The van der Waals surface area contributed by atoms with Crippen molar-refractivity contribution >= 4 is 27.5 Å². The smallest absolute Gasteiger partial charge is 0.327 e. The molecule has 0 bridgehead atoms. The number of carbonyl (C=O) groups is 1. The molecule has 2 aliphatic rings. The third-order valence-corrected chi connectivity index (χ3v) is 5.96. The highest BCUT2D eigenvalue weighted by Crippen LogP contribution is 2.49. The summed E-state index contributed by atoms with van der Waals surface area (Å²) in [6.07, 6.45) is 0.937. The first-order valence-electron chi connectivity index (χ1n) is 9.07. The SMILES string of the molecule is COc1cc([C@@H]2C3=C(CC(C)(C)CC3=O)Nc3[nH]c(=O)[nH]c(=O)c32)cc(Br)c1O. The molecule has 4 N–H and O–H groups in total. The summed E-state index contributed by atoms with van der Waals surface area (Å²) in [4.78, 5) is 42.6. The van der Waals surface area contributed by atoms with Gasteiger partial charge in [0.05, 0.1) is 17.1 Å². The number of fused-ring (bicyclic) bond motifs is 1. The Morgan fingerprint density at radius 1 is 1.17 bits per heavy atom. The number of benzene rings is 1. The van der Waals surface area contributed by atoms with Crippen LogP contribution >= 0.6 is 15.9 Å². The van der Waals surface area contributed by atoms with E-state index in [-0.39, 0.29) is 34.1 Å². The number of H-pyrrole nitrogens is 2. The lowest BCUT2D eigenvalue weighted by Gasteiger charge is -2.38. The topological polar surface area (TPSA) is 124 Å². The number of ketones is 1. The van der Waals surface area contributed by atoms with Gasteiger partial charge in [-0.15, -0.1) is 0 Å². The molecule has 1 atom stereocenters. The van der Waals surface area contributed by atoms with E-state index in [9.17, 15) is 19.5 Å². The Labute approximate surface area is 174 Å². The van der Waals surface area contributed by atoms with Crippen molar-refractivity contribution in [2.45, 2.75) is 32.6 Å². The fourth-order valence-corrected chi connectivity index (χ4v) is 4.66. The fraction of sp³-hybridized carbons (Fsp3) is 0.350. The zero-order chi connectivity index (χ0) is 21.1. The van der Waals surface area contributed by atoms with Crippen LogP contribution in [0.4, 0.5) is 5.82 Å². The first-order valence-corrected chi connectivity index (χ1v) is 9.87. The number of hydrogen-bond acceptors (Lipinski definition) is 6. The highest BCUT2D eigenvalue weighted by atomic mass is 79.9. The van der Waals surface area contributed by atoms with Crippen LogP contribution in [-0.4, -0.2) is 28.0 Å². The molecule has 2 heterocycles. The number of nitrogens with one attached hydrogen (secondary N) is 3. The zero-order valence-electron chi connectivity index (χ0n) is 16.1. The number of methoxy groups -OCH3 is 1. The minimum absolute atomic E-state index is 0.0619. The van der Waals surface area contributed by atoms with Gasteiger partial charge in [0.1, 0.15) is 5.82 Å². The second-order valence-electron chi connectivity index (χ2n) is 8.14. The molecule has 0 radical (unpaired) electrons. The van der Waals surface area contributed by atoms with Crippen molar-refractivity contribution in [3.63, 3.8) is 0 Å². The number of allylic oxidation sites excluding steroid dienone is 2. The van der Waals surface area contributed by atoms with Crippen LogP contribution in [0.5, 0.6) is 11.5 Å². The molecule has 0 fully saturated rings. The summed E-state index contributed by atoms with van der Waals surface area (Å²) < 4.78 is 5.62. The number of aromatic hydroxyl groups is 1. The van der Waals surface area contributed by atoms with Crippen LogP contribution in [0.25, 0.3) is 0 Å². The van der Waals surface area contributed by atoms with E-state index >= 15 is 0 Å². The van der Waals surface area contributed by atoms with Gasteiger partial charge in [0.2, 0.25) is 0 Å². The van der Waals surface area contributed by atoms with E-state index in [4.69, 9.17) is 4.74 Å². The first-order chi connectivity index (χ1) is 13.6. The van der Waals surface area contributed by atoms with Crippen molar-refractivity contribution in [2.24, 2.45) is 5.41 Å². The molecule has 0 saturated carbocycles. The van der Waals surface area contributed by atoms with E-state index in [0.717, 1.165) is 0 Å². The van der Waals surface area contributed by atoms with Crippen LogP contribution in [0, 0.1) is 5.41 Å². The molecule has 1 aliphatic heterocycles. The van der Waals surface area contributed by atoms with Gasteiger partial charge < -0.3 is 15.2 Å². The summed E-state index contributed by atoms with van der Waals surface area (Å²) in [6, 6.07) is 3.25. The molecule has 2 aromatic rings. The van der Waals surface area contributed by atoms with Crippen molar-refractivity contribution in [3.05, 3.63) is 59.8 Å². The van der Waals surface area contributed by atoms with E-state index in [1.807, 2.05) is 13.8 Å². The quantitative estimate of drug-likeness (QED) is 0.544. The van der Waals surface area contributed by atoms with Crippen molar-refractivity contribution in [1.82, 2.24) is 9.97 Å². The third kappa shape index (κ3) is 3.19. The maximum Gasteiger partial charge on any atom is 0.327 e. The molecule has 1 aromatic heterocycles. The van der Waals surface area contributed by atoms with Crippen LogP contribution < -0.4 is 21.3 Å². The largest absolute Gasteiger partial charge is 0.503 e. The summed E-state index contributed by atoms with van der Waals surface area (Å²) in [5.41, 5.74) is 0.564. The summed E-state index contributed by atoms with van der Waals surface area (Å²) in [5, 5.41) is 13.3. The third-order valence-electron chi connectivity index (χ3n) is 5.36. The van der Waals surface area contributed by atoms with E-state index < -0.39 is 17.2 Å². The highest BCUT2D eigenvalue weighted by Gasteiger charge is 2.42. The monoisotopic (exact) mass is 461 g/mol. The average Bonchev–Trinajstić information content (AvgIpc) is 2.60. The second-order valence-corrected chi connectivity index (χ2v) is 9.00. The standard InChI is InChI=1S/C20H20BrN3O5/c1-20(2)6-10-14(11(25)7-20)13(8-4-9(21)16(26)12(5-8)29-3)15-17(22-10)23-19(28)24-18(15)27/h4-5,13,26H,6-7H2,1-3H3,(H3,22,23,24,27,28)/t13-/m1/s1. The molecule has 8 nitrogen and oxygen atoms in total. The number of aromatic amines is 2. The number of anilines is 1. The molecule has 1 aliphatic carbocycles. The summed E-state index contributed by atoms with van der Waals surface area (Å²) in [5.74, 6) is -0.368. The lowest BCUT2D eigenvalue weighted by molar-refractivity contribution is -0.118. The van der Waals surface area contributed by atoms with Crippen molar-refractivity contribution < 1.29 is 14.6 Å². The van der Waals surface area contributed by atoms with Gasteiger partial charge in [-0.3, -0.25) is 19.6 Å². The Hall–Kier alpha value is -2.81. The predicted molar refractivity (Wildman–Crippen MR) is 111 cm³/mol. The minimum atomic E-state index is -0.712. The molecular formula is C20H20BrN3O5. The van der Waals surface area contributed by atoms with E-state index in [2.05, 4.69) is 31.2 Å². The lowest BCUT2D eigenvalue weighted by Crippen LogP contribution is -2.38. The van der Waals surface area contributed by atoms with Gasteiger partial charge in [-0.1, -0.05) is 13.8 Å². The normalized spacial score (nSPS) is 20.0. The molecule has 0 spiro atoms. The van der Waals surface area contributed by atoms with E-state index in [1.165, 1.54) is 7.11 Å². The zero-order valence-corrected chi connectivity index (χ0v) is 17.7. The fourth-order valence-electron chi connectivity index (χ4n) is 4.20. The van der Waals surface area contributed by atoms with Crippen LogP contribution in [-0.2, 0) is 4.79 Å². The van der Waals surface area contributed by atoms with Crippen molar-refractivity contribution in [1.29, 1.82) is 0 Å². The van der Waals surface area contributed by atoms with Gasteiger partial charge >= 0.3 is 5.69 Å². The van der Waals surface area contributed by atoms with Gasteiger partial charge in [0.25, 0.3) is 5.56 Å². The maximum atomic E-state index is 13.1. The summed E-state index contributed by atoms with van der Waals surface area (Å²) in [7, 11) is 1.42. The molecule has 4 rings (SSSR count). The van der Waals surface area contributed by atoms with E-state index in [0.29, 0.717) is 34.1 Å². The molecule has 0 amide bonds. The number of hydrogen-bond donors (Lipinski definition) is 4. The molecule has 29 heavy (non-hydrogen) atoms. The Bertz CT molecular complexity index is 1190. The van der Waals surface area contributed by atoms with Crippen molar-refractivity contribution in [2.75, 3.05) is 12.4 Å². The number of aromatic nitrogens is 2. The summed E-state index contributed by atoms with van der Waals surface area (Å²) >= 11 is 3.31. The van der Waals surface area contributed by atoms with Crippen LogP contribution in [0.2, 0.25) is 0 Å². The van der Waals surface area contributed by atoms with Gasteiger partial charge in [0, 0.05) is 23.6 Å². The van der Waals surface area contributed by atoms with Gasteiger partial charge in [0.15, 0.2) is 17.3 Å². The Morgan fingerprint density at radius 3 is 2.59 bits per heavy atom. The molecule has 9 heteroatoms. The first kappa shape index (κ1) is 19.5. The minimum Gasteiger partial charge on any atom is -0.503 e. The lowest BCUT2D eigenvalue weighted by atomic mass is 9.69. The van der Waals surface area contributed by atoms with Crippen LogP contribution in [0.1, 0.15) is 43.7 Å². The predicted octanol–water partition coefficient (Wildman–Crippen LogP) is 2.74. The molecule has 152 valence electrons. The van der Waals surface area contributed by atoms with Crippen molar-refractivity contribution in [3.8, 4) is 11.5 Å². The van der Waals surface area contributed by atoms with Gasteiger partial charge in [-0.2, -0.15) is 0 Å². The molecule has 1 aromatic carbocycles. The molecule has 0 saturated heterocycles. The number of phenols is 1. The number of rotatable bonds is 2. The van der Waals surface area contributed by atoms with E-state index in [1.54, 1.807) is 12.1 Å². The summed E-state index contributed by atoms with van der Waals surface area (Å²) in [6.45, 7) is 4.00. The maximum absolute atomic E-state index is 13.1. The number of phenolic OH excluding ortho intramolecular Hbond substituents is 1. The Balaban J connectivity index is 2.04. The number of ether oxygens (including phenoxy) is 1. The number of carbonyl (C=O) groups excluding carboxylic acids is 1. The van der Waals surface area contributed by atoms with Gasteiger partial charge in [-0.25, -0.2) is 4.79 Å². The second kappa shape index (κ2) is 6.62. The molecular weight excluding hydrogens is 442 g/mol. The van der Waals surface area contributed by atoms with Gasteiger partial charge in [-0.05, 0) is 45.5 Å². The molecule has 0 unspecified atom stereocenters.